The van der Waals surface area contributed by atoms with E-state index in [2.05, 4.69) is 72.9 Å². The predicted octanol–water partition coefficient (Wildman–Crippen LogP) is 3.56. The highest BCUT2D eigenvalue weighted by atomic mass is 16.7. The molecule has 0 aliphatic carbocycles. The molecule has 2 aliphatic rings. The number of benzene rings is 2. The molecule has 0 bridgehead atoms. The van der Waals surface area contributed by atoms with Crippen LogP contribution in [0.5, 0.6) is 0 Å². The quantitative estimate of drug-likeness (QED) is 0.918. The lowest BCUT2D eigenvalue weighted by atomic mass is 9.86. The number of hydrogen-bond donors (Lipinski definition) is 1. The average molecular weight is 308 g/mol. The Morgan fingerprint density at radius 2 is 2.00 bits per heavy atom. The van der Waals surface area contributed by atoms with E-state index in [1.165, 1.54) is 22.3 Å². The van der Waals surface area contributed by atoms with E-state index in [9.17, 15) is 0 Å². The summed E-state index contributed by atoms with van der Waals surface area (Å²) in [5.74, 6) is 0.621. The molecule has 2 aromatic carbocycles. The minimum atomic E-state index is 0.407. The zero-order valence-corrected chi connectivity index (χ0v) is 13.8. The largest absolute Gasteiger partial charge is 0.309 e. The van der Waals surface area contributed by atoms with E-state index in [0.717, 1.165) is 19.6 Å². The highest BCUT2D eigenvalue weighted by Gasteiger charge is 2.38. The second-order valence-corrected chi connectivity index (χ2v) is 6.81. The van der Waals surface area contributed by atoms with Crippen molar-refractivity contribution in [1.29, 1.82) is 0 Å². The Kier molecular flexibility index (Phi) is 3.93. The molecule has 2 heterocycles. The first-order valence-electron chi connectivity index (χ1n) is 8.47. The molecular weight excluding hydrogens is 284 g/mol. The van der Waals surface area contributed by atoms with Crippen LogP contribution in [0.25, 0.3) is 11.1 Å². The maximum atomic E-state index is 5.69. The monoisotopic (exact) mass is 308 g/mol. The molecular formula is C20H24N2O. The summed E-state index contributed by atoms with van der Waals surface area (Å²) in [6, 6.07) is 18.5. The first-order chi connectivity index (χ1) is 11.2. The Balaban J connectivity index is 1.61. The number of fused-ring (bicyclic) bond motifs is 1. The summed E-state index contributed by atoms with van der Waals surface area (Å²) >= 11 is 0. The van der Waals surface area contributed by atoms with Gasteiger partial charge in [-0.1, -0.05) is 42.5 Å². The van der Waals surface area contributed by atoms with Crippen LogP contribution < -0.4 is 5.32 Å². The molecule has 3 nitrogen and oxygen atoms in total. The van der Waals surface area contributed by atoms with Gasteiger partial charge in [0.25, 0.3) is 0 Å². The smallest absolute Gasteiger partial charge is 0.0741 e. The van der Waals surface area contributed by atoms with Gasteiger partial charge in [-0.2, -0.15) is 5.06 Å². The van der Waals surface area contributed by atoms with E-state index in [4.69, 9.17) is 4.84 Å². The van der Waals surface area contributed by atoms with Crippen LogP contribution in [0.3, 0.4) is 0 Å². The Morgan fingerprint density at radius 3 is 2.87 bits per heavy atom. The Morgan fingerprint density at radius 1 is 1.13 bits per heavy atom. The highest BCUT2D eigenvalue weighted by Crippen LogP contribution is 2.34. The average Bonchev–Trinajstić information content (AvgIpc) is 2.96. The first-order valence-corrected chi connectivity index (χ1v) is 8.47. The van der Waals surface area contributed by atoms with Crippen LogP contribution in [0.1, 0.15) is 23.6 Å². The molecule has 23 heavy (non-hydrogen) atoms. The summed E-state index contributed by atoms with van der Waals surface area (Å²) < 4.78 is 0. The van der Waals surface area contributed by atoms with Crippen LogP contribution in [0, 0.1) is 12.8 Å². The van der Waals surface area contributed by atoms with E-state index in [0.29, 0.717) is 18.0 Å². The molecule has 120 valence electrons. The van der Waals surface area contributed by atoms with Crippen molar-refractivity contribution in [2.45, 2.75) is 25.4 Å². The van der Waals surface area contributed by atoms with Gasteiger partial charge < -0.3 is 5.32 Å². The van der Waals surface area contributed by atoms with Gasteiger partial charge in [-0.05, 0) is 41.7 Å². The normalized spacial score (nSPS) is 27.8. The molecule has 2 aliphatic heterocycles. The fourth-order valence-electron chi connectivity index (χ4n) is 3.94. The minimum absolute atomic E-state index is 0.407. The van der Waals surface area contributed by atoms with E-state index in [1.54, 1.807) is 0 Å². The van der Waals surface area contributed by atoms with Crippen LogP contribution in [0.4, 0.5) is 0 Å². The molecule has 3 atom stereocenters. The van der Waals surface area contributed by atoms with Gasteiger partial charge in [-0.25, -0.2) is 0 Å². The number of rotatable bonds is 2. The van der Waals surface area contributed by atoms with Crippen LogP contribution in [0.2, 0.25) is 0 Å². The fourth-order valence-corrected chi connectivity index (χ4v) is 3.94. The predicted molar refractivity (Wildman–Crippen MR) is 93.0 cm³/mol. The number of hydroxylamine groups is 2. The number of hydrogen-bond acceptors (Lipinski definition) is 3. The summed E-state index contributed by atoms with van der Waals surface area (Å²) in [6.45, 7) is 4.06. The summed E-state index contributed by atoms with van der Waals surface area (Å²) in [4.78, 5) is 5.69. The van der Waals surface area contributed by atoms with Gasteiger partial charge in [0.2, 0.25) is 0 Å². The lowest BCUT2D eigenvalue weighted by Gasteiger charge is -2.34. The van der Waals surface area contributed by atoms with Gasteiger partial charge in [-0.3, -0.25) is 4.84 Å². The minimum Gasteiger partial charge on any atom is -0.309 e. The SMILES string of the molecule is Cc1ccccc1-c1cccc([C@@H]2C[C@H]3C(CN2)CON3C)c1. The number of piperidine rings is 1. The van der Waals surface area contributed by atoms with Gasteiger partial charge in [0.1, 0.15) is 0 Å². The second-order valence-electron chi connectivity index (χ2n) is 6.81. The molecule has 3 heteroatoms. The zero-order valence-electron chi connectivity index (χ0n) is 13.8. The number of nitrogens with one attached hydrogen (secondary N) is 1. The van der Waals surface area contributed by atoms with Gasteiger partial charge in [0.05, 0.1) is 6.61 Å². The third-order valence-corrected chi connectivity index (χ3v) is 5.35. The first kappa shape index (κ1) is 14.9. The van der Waals surface area contributed by atoms with Gasteiger partial charge in [0, 0.05) is 31.6 Å². The topological polar surface area (TPSA) is 24.5 Å². The Labute approximate surface area is 138 Å². The third kappa shape index (κ3) is 2.80. The fraction of sp³-hybridized carbons (Fsp3) is 0.400. The summed E-state index contributed by atoms with van der Waals surface area (Å²) in [7, 11) is 2.07. The lowest BCUT2D eigenvalue weighted by molar-refractivity contribution is -0.112. The molecule has 1 N–H and O–H groups in total. The van der Waals surface area contributed by atoms with Gasteiger partial charge in [0.15, 0.2) is 0 Å². The molecule has 0 radical (unpaired) electrons. The van der Waals surface area contributed by atoms with Gasteiger partial charge >= 0.3 is 0 Å². The molecule has 0 aromatic heterocycles. The van der Waals surface area contributed by atoms with Crippen molar-refractivity contribution < 1.29 is 4.84 Å². The summed E-state index contributed by atoms with van der Waals surface area (Å²) in [6.07, 6.45) is 1.11. The number of aryl methyl sites for hydroxylation is 1. The van der Waals surface area contributed by atoms with Crippen LogP contribution in [-0.4, -0.2) is 31.3 Å². The van der Waals surface area contributed by atoms with E-state index in [-0.39, 0.29) is 0 Å². The molecule has 0 saturated carbocycles. The van der Waals surface area contributed by atoms with Crippen LogP contribution in [0.15, 0.2) is 48.5 Å². The molecule has 0 amide bonds. The summed E-state index contributed by atoms with van der Waals surface area (Å²) in [5, 5.41) is 5.77. The van der Waals surface area contributed by atoms with Crippen molar-refractivity contribution in [3.8, 4) is 11.1 Å². The van der Waals surface area contributed by atoms with Gasteiger partial charge in [-0.15, -0.1) is 0 Å². The van der Waals surface area contributed by atoms with Crippen molar-refractivity contribution in [2.75, 3.05) is 20.2 Å². The van der Waals surface area contributed by atoms with E-state index >= 15 is 0 Å². The van der Waals surface area contributed by atoms with Crippen molar-refractivity contribution in [2.24, 2.45) is 5.92 Å². The van der Waals surface area contributed by atoms with Crippen LogP contribution >= 0.6 is 0 Å². The van der Waals surface area contributed by atoms with Crippen LogP contribution in [-0.2, 0) is 4.84 Å². The Hall–Kier alpha value is -1.68. The summed E-state index contributed by atoms with van der Waals surface area (Å²) in [5.41, 5.74) is 5.33. The molecule has 1 unspecified atom stereocenters. The highest BCUT2D eigenvalue weighted by molar-refractivity contribution is 5.67. The molecule has 2 aromatic rings. The lowest BCUT2D eigenvalue weighted by Crippen LogP contribution is -2.44. The van der Waals surface area contributed by atoms with Crippen molar-refractivity contribution >= 4 is 0 Å². The molecule has 0 spiro atoms. The molecule has 2 fully saturated rings. The Bertz CT molecular complexity index is 700. The van der Waals surface area contributed by atoms with Crippen molar-refractivity contribution in [3.63, 3.8) is 0 Å². The second kappa shape index (κ2) is 6.08. The third-order valence-electron chi connectivity index (χ3n) is 5.35. The zero-order chi connectivity index (χ0) is 15.8. The molecule has 4 rings (SSSR count). The number of nitrogens with zero attached hydrogens (tertiary/aromatic N) is 1. The van der Waals surface area contributed by atoms with E-state index < -0.39 is 0 Å². The van der Waals surface area contributed by atoms with E-state index in [1.807, 2.05) is 0 Å². The maximum Gasteiger partial charge on any atom is 0.0741 e. The van der Waals surface area contributed by atoms with Crippen molar-refractivity contribution in [1.82, 2.24) is 10.4 Å². The molecule has 2 saturated heterocycles. The maximum absolute atomic E-state index is 5.69. The standard InChI is InChI=1S/C20H24N2O/c1-14-6-3-4-9-18(14)15-7-5-8-16(10-15)19-11-20-17(12-21-19)13-23-22(20)2/h3-10,17,19-21H,11-13H2,1-2H3/t17?,19-,20-/m0/s1. The van der Waals surface area contributed by atoms with Crippen molar-refractivity contribution in [3.05, 3.63) is 59.7 Å².